The highest BCUT2D eigenvalue weighted by Crippen LogP contribution is 2.59. The number of ether oxygens (including phenoxy) is 1. The number of aromatic nitrogens is 6. The average Bonchev–Trinajstić information content (AvgIpc) is 3.97. The van der Waals surface area contributed by atoms with Crippen LogP contribution in [0.3, 0.4) is 0 Å². The molecule has 3 heterocycles. The first-order valence-electron chi connectivity index (χ1n) is 17.8. The minimum atomic E-state index is -3.14. The maximum Gasteiger partial charge on any atom is 0.306 e. The second-order valence-electron chi connectivity index (χ2n) is 15.8. The van der Waals surface area contributed by atoms with Crippen LogP contribution in [0.4, 0.5) is 22.0 Å². The van der Waals surface area contributed by atoms with Crippen molar-refractivity contribution in [3.05, 3.63) is 76.7 Å². The van der Waals surface area contributed by atoms with Crippen LogP contribution in [0, 0.1) is 16.6 Å². The average molecular weight is 788 g/mol. The van der Waals surface area contributed by atoms with Crippen molar-refractivity contribution >= 4 is 29.4 Å². The minimum Gasteiger partial charge on any atom is -0.463 e. The second kappa shape index (κ2) is 13.7. The molecule has 2 atom stereocenters. The third kappa shape index (κ3) is 7.30. The predicted octanol–water partition coefficient (Wildman–Crippen LogP) is 7.49. The number of esters is 1. The molecule has 0 unspecified atom stereocenters. The van der Waals surface area contributed by atoms with Gasteiger partial charge in [0.05, 0.1) is 35.4 Å². The summed E-state index contributed by atoms with van der Waals surface area (Å²) in [6, 6.07) is 7.39. The van der Waals surface area contributed by atoms with Crippen LogP contribution in [0.15, 0.2) is 53.9 Å². The molecule has 3 aliphatic rings. The molecule has 18 heteroatoms. The van der Waals surface area contributed by atoms with Crippen molar-refractivity contribution in [2.75, 3.05) is 6.61 Å². The molecule has 2 aliphatic carbocycles. The number of rotatable bonds is 13. The predicted molar refractivity (Wildman–Crippen MR) is 190 cm³/mol. The normalized spacial score (nSPS) is 20.2. The van der Waals surface area contributed by atoms with Gasteiger partial charge in [0.25, 0.3) is 18.3 Å². The molecule has 0 radical (unpaired) electrons. The molecule has 7 rings (SSSR count). The van der Waals surface area contributed by atoms with Crippen LogP contribution in [0.25, 0.3) is 16.9 Å². The van der Waals surface area contributed by atoms with Gasteiger partial charge in [-0.25, -0.2) is 36.6 Å². The van der Waals surface area contributed by atoms with E-state index in [4.69, 9.17) is 22.1 Å². The molecule has 55 heavy (non-hydrogen) atoms. The third-order valence-corrected chi connectivity index (χ3v) is 10.7. The summed E-state index contributed by atoms with van der Waals surface area (Å²) in [5.74, 6) is -6.68. The van der Waals surface area contributed by atoms with Crippen LogP contribution in [0.5, 0.6) is 0 Å². The third-order valence-electron chi connectivity index (χ3n) is 10.3. The Labute approximate surface area is 317 Å². The van der Waals surface area contributed by atoms with E-state index in [1.54, 1.807) is 17.1 Å². The fourth-order valence-electron chi connectivity index (χ4n) is 7.18. The van der Waals surface area contributed by atoms with Gasteiger partial charge in [-0.3, -0.25) is 14.5 Å². The van der Waals surface area contributed by atoms with E-state index >= 15 is 9.18 Å². The Morgan fingerprint density at radius 3 is 2.44 bits per heavy atom. The molecule has 0 bridgehead atoms. The summed E-state index contributed by atoms with van der Waals surface area (Å²) in [5, 5.41) is 12.7. The number of guanidine groups is 1. The molecule has 2 aromatic carbocycles. The summed E-state index contributed by atoms with van der Waals surface area (Å²) < 4.78 is 79.5. The number of benzene rings is 2. The van der Waals surface area contributed by atoms with Crippen molar-refractivity contribution in [1.29, 1.82) is 0 Å². The van der Waals surface area contributed by atoms with E-state index in [-0.39, 0.29) is 53.1 Å². The lowest BCUT2D eigenvalue weighted by Gasteiger charge is -2.35. The monoisotopic (exact) mass is 787 g/mol. The lowest BCUT2D eigenvalue weighted by atomic mass is 9.75. The smallest absolute Gasteiger partial charge is 0.306 e. The molecule has 292 valence electrons. The molecule has 2 saturated carbocycles. The summed E-state index contributed by atoms with van der Waals surface area (Å²) >= 11 is 6.46. The Hall–Kier alpha value is -4.93. The second-order valence-corrected chi connectivity index (χ2v) is 16.2. The molecule has 1 amide bonds. The summed E-state index contributed by atoms with van der Waals surface area (Å²) in [6.45, 7) is 5.68. The number of carbonyl (C=O) groups excluding carboxylic acids is 2. The zero-order valence-electron chi connectivity index (χ0n) is 30.4. The van der Waals surface area contributed by atoms with E-state index < -0.39 is 71.3 Å². The molecule has 2 N–H and O–H groups in total. The summed E-state index contributed by atoms with van der Waals surface area (Å²) in [4.78, 5) is 39.1. The topological polar surface area (TPSA) is 146 Å². The zero-order chi connectivity index (χ0) is 39.7. The van der Waals surface area contributed by atoms with Crippen LogP contribution in [0.1, 0.15) is 102 Å². The maximum absolute atomic E-state index is 16.5. The molecule has 12 nitrogen and oxygen atoms in total. The van der Waals surface area contributed by atoms with Crippen molar-refractivity contribution in [1.82, 2.24) is 34.7 Å². The number of nitrogens with zero attached hydrogens (tertiary/aromatic N) is 8. The van der Waals surface area contributed by atoms with Crippen LogP contribution >= 0.6 is 11.6 Å². The number of nitrogens with two attached hydrogens (primary N) is 1. The minimum absolute atomic E-state index is 0.0106. The number of aliphatic imine (C=N–C) groups is 1. The first kappa shape index (κ1) is 38.3. The number of hydrogen-bond donors (Lipinski definition) is 1. The van der Waals surface area contributed by atoms with Gasteiger partial charge < -0.3 is 10.5 Å². The van der Waals surface area contributed by atoms with E-state index in [9.17, 15) is 22.4 Å². The van der Waals surface area contributed by atoms with Gasteiger partial charge in [0.1, 0.15) is 24.4 Å². The number of carbonyl (C=O) groups is 2. The van der Waals surface area contributed by atoms with Gasteiger partial charge in [0.15, 0.2) is 17.3 Å². The first-order chi connectivity index (χ1) is 25.8. The summed E-state index contributed by atoms with van der Waals surface area (Å²) in [6.07, 6.45) is 1.00. The molecule has 4 aromatic rings. The maximum atomic E-state index is 16.5. The molecule has 1 aliphatic heterocycles. The van der Waals surface area contributed by atoms with Crippen LogP contribution in [0.2, 0.25) is 5.02 Å². The van der Waals surface area contributed by atoms with Crippen molar-refractivity contribution in [3.63, 3.8) is 0 Å². The SMILES string of the molecule is CC(C)(C)C[C@]1(c2ccc(-c3cnn(C4CC4)n3)cc2F)N=C(N)N([C@H](COC(=O)CC2(C(C)(F)F)CC2)c2ccc(Cl)c(-n3ncnc3C(F)F)c2)C1=O. The number of alkyl halides is 4. The van der Waals surface area contributed by atoms with Gasteiger partial charge in [-0.2, -0.15) is 20.1 Å². The molecule has 0 saturated heterocycles. The standard InChI is InChI=1S/C37H39ClF5N9O3/c1-34(2,3)18-37(23-9-5-20(13-25(23)39)26-16-46-52(49-26)22-7-8-22)32(54)50(33(44)48-37)28(17-55-29(53)15-36(11-12-36)35(4,42)43)21-6-10-24(38)27(14-21)51-31(30(40)41)45-19-47-51/h5-6,9-10,13-14,16,19,22,28,30H,7-8,11-12,15,17-18H2,1-4H3,(H2,44,48)/t28-,37-/m1/s1. The Kier molecular flexibility index (Phi) is 9.53. The highest BCUT2D eigenvalue weighted by Gasteiger charge is 2.60. The van der Waals surface area contributed by atoms with Gasteiger partial charge in [0, 0.05) is 16.5 Å². The van der Waals surface area contributed by atoms with E-state index in [0.717, 1.165) is 35.7 Å². The zero-order valence-corrected chi connectivity index (χ0v) is 31.2. The Bertz CT molecular complexity index is 2170. The van der Waals surface area contributed by atoms with Gasteiger partial charge in [0.2, 0.25) is 0 Å². The Morgan fingerprint density at radius 2 is 1.82 bits per heavy atom. The largest absolute Gasteiger partial charge is 0.463 e. The summed E-state index contributed by atoms with van der Waals surface area (Å²) in [7, 11) is 0. The first-order valence-corrected chi connectivity index (χ1v) is 18.1. The van der Waals surface area contributed by atoms with E-state index in [0.29, 0.717) is 11.3 Å². The molecule has 2 aromatic heterocycles. The Morgan fingerprint density at radius 1 is 1.09 bits per heavy atom. The number of halogens is 6. The van der Waals surface area contributed by atoms with Crippen LogP contribution in [-0.4, -0.2) is 65.0 Å². The molecular weight excluding hydrogens is 749 g/mol. The van der Waals surface area contributed by atoms with Gasteiger partial charge in [-0.15, -0.1) is 0 Å². The lowest BCUT2D eigenvalue weighted by molar-refractivity contribution is -0.153. The summed E-state index contributed by atoms with van der Waals surface area (Å²) in [5.41, 5.74) is 3.41. The molecule has 2 fully saturated rings. The van der Waals surface area contributed by atoms with Crippen LogP contribution < -0.4 is 5.73 Å². The van der Waals surface area contributed by atoms with E-state index in [1.807, 2.05) is 20.8 Å². The van der Waals surface area contributed by atoms with Gasteiger partial charge >= 0.3 is 5.97 Å². The quantitative estimate of drug-likeness (QED) is 0.108. The van der Waals surface area contributed by atoms with Crippen molar-refractivity contribution in [2.45, 2.75) is 96.2 Å². The highest BCUT2D eigenvalue weighted by molar-refractivity contribution is 6.32. The van der Waals surface area contributed by atoms with Gasteiger partial charge in [-0.05, 0) is 68.2 Å². The van der Waals surface area contributed by atoms with Crippen LogP contribution in [-0.2, 0) is 19.9 Å². The fourth-order valence-corrected chi connectivity index (χ4v) is 7.38. The van der Waals surface area contributed by atoms with E-state index in [1.165, 1.54) is 30.3 Å². The molecular formula is C37H39ClF5N9O3. The van der Waals surface area contributed by atoms with Gasteiger partial charge in [-0.1, -0.05) is 50.6 Å². The highest BCUT2D eigenvalue weighted by atomic mass is 35.5. The molecule has 0 spiro atoms. The Balaban J connectivity index is 1.28. The van der Waals surface area contributed by atoms with E-state index in [2.05, 4.69) is 25.3 Å². The van der Waals surface area contributed by atoms with Crippen molar-refractivity contribution in [2.24, 2.45) is 21.6 Å². The number of amides is 1. The number of hydrogen-bond acceptors (Lipinski definition) is 9. The fraction of sp³-hybridized carbons (Fsp3) is 0.486. The lowest BCUT2D eigenvalue weighted by Crippen LogP contribution is -2.47. The van der Waals surface area contributed by atoms with Crippen molar-refractivity contribution in [3.8, 4) is 16.9 Å². The van der Waals surface area contributed by atoms with Crippen molar-refractivity contribution < 1.29 is 36.3 Å².